The molecule has 4 heteroatoms. The largest absolute Gasteiger partial charge is 0.449 e. The third-order valence-electron chi connectivity index (χ3n) is 4.33. The molecule has 0 aliphatic carbocycles. The van der Waals surface area contributed by atoms with Gasteiger partial charge >= 0.3 is 5.97 Å². The van der Waals surface area contributed by atoms with Crippen molar-refractivity contribution in [2.45, 2.75) is 32.9 Å². The Kier molecular flexibility index (Phi) is 4.65. The summed E-state index contributed by atoms with van der Waals surface area (Å²) in [6.45, 7) is 4.77. The lowest BCUT2D eigenvalue weighted by Gasteiger charge is -2.30. The van der Waals surface area contributed by atoms with Gasteiger partial charge in [0.15, 0.2) is 6.10 Å². The van der Waals surface area contributed by atoms with Crippen LogP contribution in [-0.2, 0) is 22.5 Å². The summed E-state index contributed by atoms with van der Waals surface area (Å²) < 4.78 is 5.36. The van der Waals surface area contributed by atoms with Gasteiger partial charge in [-0.05, 0) is 43.5 Å². The van der Waals surface area contributed by atoms with Gasteiger partial charge in [-0.1, -0.05) is 42.0 Å². The van der Waals surface area contributed by atoms with Crippen LogP contribution in [-0.4, -0.2) is 29.4 Å². The molecule has 1 atom stereocenters. The topological polar surface area (TPSA) is 46.6 Å². The van der Waals surface area contributed by atoms with E-state index in [1.54, 1.807) is 30.0 Å². The number of ether oxygens (including phenoxy) is 1. The van der Waals surface area contributed by atoms with Gasteiger partial charge in [0.05, 0.1) is 5.56 Å². The third-order valence-corrected chi connectivity index (χ3v) is 4.33. The van der Waals surface area contributed by atoms with Crippen molar-refractivity contribution in [3.8, 4) is 0 Å². The highest BCUT2D eigenvalue weighted by molar-refractivity contribution is 5.92. The van der Waals surface area contributed by atoms with Gasteiger partial charge in [0.2, 0.25) is 0 Å². The molecule has 1 amide bonds. The average Bonchev–Trinajstić information content (AvgIpc) is 2.60. The van der Waals surface area contributed by atoms with E-state index < -0.39 is 12.1 Å². The zero-order valence-electron chi connectivity index (χ0n) is 14.0. The van der Waals surface area contributed by atoms with E-state index in [9.17, 15) is 9.59 Å². The standard InChI is InChI=1S/C20H21NO3/c1-14-6-5-9-17(12-14)20(23)24-15(2)19(22)21-11-10-16-7-3-4-8-18(16)13-21/h3-9,12,15H,10-11,13H2,1-2H3/t15-/m1/s1. The highest BCUT2D eigenvalue weighted by Gasteiger charge is 2.27. The Balaban J connectivity index is 1.64. The molecule has 1 heterocycles. The molecule has 4 nitrogen and oxygen atoms in total. The third kappa shape index (κ3) is 3.48. The maximum atomic E-state index is 12.6. The van der Waals surface area contributed by atoms with E-state index in [-0.39, 0.29) is 5.91 Å². The highest BCUT2D eigenvalue weighted by atomic mass is 16.5. The van der Waals surface area contributed by atoms with Crippen molar-refractivity contribution in [3.63, 3.8) is 0 Å². The van der Waals surface area contributed by atoms with Crippen molar-refractivity contribution in [1.82, 2.24) is 4.90 Å². The van der Waals surface area contributed by atoms with Gasteiger partial charge in [0.25, 0.3) is 5.91 Å². The summed E-state index contributed by atoms with van der Waals surface area (Å²) in [7, 11) is 0. The van der Waals surface area contributed by atoms with Crippen LogP contribution in [0.5, 0.6) is 0 Å². The molecule has 2 aromatic carbocycles. The summed E-state index contributed by atoms with van der Waals surface area (Å²) in [4.78, 5) is 26.6. The maximum absolute atomic E-state index is 12.6. The van der Waals surface area contributed by atoms with Gasteiger partial charge in [-0.2, -0.15) is 0 Å². The number of esters is 1. The van der Waals surface area contributed by atoms with E-state index in [0.29, 0.717) is 18.7 Å². The Morgan fingerprint density at radius 3 is 2.58 bits per heavy atom. The summed E-state index contributed by atoms with van der Waals surface area (Å²) in [5, 5.41) is 0. The van der Waals surface area contributed by atoms with Crippen molar-refractivity contribution in [2.24, 2.45) is 0 Å². The molecule has 1 aliphatic heterocycles. The first-order valence-corrected chi connectivity index (χ1v) is 8.18. The van der Waals surface area contributed by atoms with Gasteiger partial charge in [-0.15, -0.1) is 0 Å². The fraction of sp³-hybridized carbons (Fsp3) is 0.300. The Morgan fingerprint density at radius 2 is 1.83 bits per heavy atom. The number of hydrogen-bond acceptors (Lipinski definition) is 3. The van der Waals surface area contributed by atoms with E-state index in [1.165, 1.54) is 5.56 Å². The number of benzene rings is 2. The van der Waals surface area contributed by atoms with Crippen LogP contribution in [0.3, 0.4) is 0 Å². The summed E-state index contributed by atoms with van der Waals surface area (Å²) in [6.07, 6.45) is 0.0452. The van der Waals surface area contributed by atoms with Crippen LogP contribution in [0.1, 0.15) is 34.0 Å². The molecule has 0 aromatic heterocycles. The lowest BCUT2D eigenvalue weighted by molar-refractivity contribution is -0.140. The SMILES string of the molecule is Cc1cccc(C(=O)O[C@H](C)C(=O)N2CCc3ccccc3C2)c1. The van der Waals surface area contributed by atoms with Gasteiger partial charge in [0, 0.05) is 13.1 Å². The van der Waals surface area contributed by atoms with Crippen LogP contribution in [0, 0.1) is 6.92 Å². The van der Waals surface area contributed by atoms with Crippen molar-refractivity contribution < 1.29 is 14.3 Å². The molecule has 0 spiro atoms. The normalized spacial score (nSPS) is 14.7. The number of aryl methyl sites for hydroxylation is 1. The smallest absolute Gasteiger partial charge is 0.338 e. The number of rotatable bonds is 3. The quantitative estimate of drug-likeness (QED) is 0.815. The zero-order chi connectivity index (χ0) is 17.1. The van der Waals surface area contributed by atoms with Crippen LogP contribution in [0.2, 0.25) is 0 Å². The molecule has 1 aliphatic rings. The number of amides is 1. The minimum Gasteiger partial charge on any atom is -0.449 e. The van der Waals surface area contributed by atoms with Crippen molar-refractivity contribution >= 4 is 11.9 Å². The number of carbonyl (C=O) groups is 2. The first-order chi connectivity index (χ1) is 11.5. The first-order valence-electron chi connectivity index (χ1n) is 8.18. The van der Waals surface area contributed by atoms with E-state index in [0.717, 1.165) is 17.5 Å². The van der Waals surface area contributed by atoms with Crippen molar-refractivity contribution in [2.75, 3.05) is 6.54 Å². The molecule has 2 aromatic rings. The number of carbonyl (C=O) groups excluding carboxylic acids is 2. The molecular formula is C20H21NO3. The molecule has 0 saturated heterocycles. The van der Waals surface area contributed by atoms with Gasteiger partial charge in [-0.3, -0.25) is 4.79 Å². The molecule has 0 bridgehead atoms. The van der Waals surface area contributed by atoms with E-state index in [4.69, 9.17) is 4.74 Å². The highest BCUT2D eigenvalue weighted by Crippen LogP contribution is 2.19. The average molecular weight is 323 g/mol. The van der Waals surface area contributed by atoms with Crippen LogP contribution in [0.25, 0.3) is 0 Å². The summed E-state index contributed by atoms with van der Waals surface area (Å²) >= 11 is 0. The van der Waals surface area contributed by atoms with Crippen molar-refractivity contribution in [1.29, 1.82) is 0 Å². The molecule has 0 radical (unpaired) electrons. The molecule has 3 rings (SSSR count). The van der Waals surface area contributed by atoms with Crippen LogP contribution < -0.4 is 0 Å². The monoisotopic (exact) mass is 323 g/mol. The minimum atomic E-state index is -0.789. The van der Waals surface area contributed by atoms with E-state index in [1.807, 2.05) is 31.2 Å². The Morgan fingerprint density at radius 1 is 1.08 bits per heavy atom. The van der Waals surface area contributed by atoms with Crippen LogP contribution in [0.4, 0.5) is 0 Å². The second-order valence-corrected chi connectivity index (χ2v) is 6.20. The molecule has 0 saturated carbocycles. The Hall–Kier alpha value is -2.62. The fourth-order valence-electron chi connectivity index (χ4n) is 2.99. The Bertz CT molecular complexity index is 769. The fourth-order valence-corrected chi connectivity index (χ4v) is 2.99. The van der Waals surface area contributed by atoms with Crippen LogP contribution >= 0.6 is 0 Å². The zero-order valence-corrected chi connectivity index (χ0v) is 14.0. The maximum Gasteiger partial charge on any atom is 0.338 e. The molecule has 0 fully saturated rings. The second-order valence-electron chi connectivity index (χ2n) is 6.20. The number of nitrogens with zero attached hydrogens (tertiary/aromatic N) is 1. The molecular weight excluding hydrogens is 302 g/mol. The second kappa shape index (κ2) is 6.87. The first kappa shape index (κ1) is 16.2. The molecule has 124 valence electrons. The molecule has 0 N–H and O–H groups in total. The minimum absolute atomic E-state index is 0.148. The predicted molar refractivity (Wildman–Crippen MR) is 91.6 cm³/mol. The van der Waals surface area contributed by atoms with Crippen LogP contribution in [0.15, 0.2) is 48.5 Å². The summed E-state index contributed by atoms with van der Waals surface area (Å²) in [5.74, 6) is -0.609. The lowest BCUT2D eigenvalue weighted by Crippen LogP contribution is -2.42. The van der Waals surface area contributed by atoms with E-state index >= 15 is 0 Å². The van der Waals surface area contributed by atoms with Crippen molar-refractivity contribution in [3.05, 3.63) is 70.8 Å². The number of hydrogen-bond donors (Lipinski definition) is 0. The number of fused-ring (bicyclic) bond motifs is 1. The predicted octanol–water partition coefficient (Wildman–Crippen LogP) is 3.13. The van der Waals surface area contributed by atoms with E-state index in [2.05, 4.69) is 6.07 Å². The van der Waals surface area contributed by atoms with Gasteiger partial charge < -0.3 is 9.64 Å². The molecule has 0 unspecified atom stereocenters. The Labute approximate surface area is 142 Å². The summed E-state index contributed by atoms with van der Waals surface area (Å²) in [5.41, 5.74) is 3.90. The lowest BCUT2D eigenvalue weighted by atomic mass is 9.99. The van der Waals surface area contributed by atoms with Gasteiger partial charge in [0.1, 0.15) is 0 Å². The molecule has 24 heavy (non-hydrogen) atoms. The van der Waals surface area contributed by atoms with Gasteiger partial charge in [-0.25, -0.2) is 4.79 Å². The summed E-state index contributed by atoms with van der Waals surface area (Å²) in [6, 6.07) is 15.3.